The number of hydrogen-bond donors (Lipinski definition) is 3. The van der Waals surface area contributed by atoms with Gasteiger partial charge >= 0.3 is 12.1 Å². The number of piperidine rings is 1. The van der Waals surface area contributed by atoms with E-state index in [-0.39, 0.29) is 5.56 Å². The summed E-state index contributed by atoms with van der Waals surface area (Å²) in [7, 11) is 0. The molecule has 0 radical (unpaired) electrons. The van der Waals surface area contributed by atoms with Crippen molar-refractivity contribution in [3.05, 3.63) is 58.0 Å². The summed E-state index contributed by atoms with van der Waals surface area (Å²) in [5, 5.41) is 10.6. The van der Waals surface area contributed by atoms with Gasteiger partial charge in [0.1, 0.15) is 17.2 Å². The van der Waals surface area contributed by atoms with E-state index in [1.165, 1.54) is 12.1 Å². The average Bonchev–Trinajstić information content (AvgIpc) is 3.65. The molecule has 2 fully saturated rings. The van der Waals surface area contributed by atoms with Crippen molar-refractivity contribution in [2.24, 2.45) is 5.92 Å². The zero-order chi connectivity index (χ0) is 26.7. The molecule has 0 bridgehead atoms. The Hall–Kier alpha value is -3.77. The first-order chi connectivity index (χ1) is 17.5. The van der Waals surface area contributed by atoms with E-state index in [0.29, 0.717) is 35.0 Å². The first-order valence-corrected chi connectivity index (χ1v) is 11.7. The summed E-state index contributed by atoms with van der Waals surface area (Å²) in [6, 6.07) is 5.70. The zero-order valence-electron chi connectivity index (χ0n) is 19.5. The predicted octanol–water partition coefficient (Wildman–Crippen LogP) is 4.26. The normalized spacial score (nSPS) is 16.3. The van der Waals surface area contributed by atoms with Gasteiger partial charge < -0.3 is 20.3 Å². The van der Waals surface area contributed by atoms with Crippen LogP contribution >= 0.6 is 0 Å². The van der Waals surface area contributed by atoms with Crippen molar-refractivity contribution in [2.45, 2.75) is 44.3 Å². The molecule has 1 aromatic carbocycles. The molecule has 198 valence electrons. The van der Waals surface area contributed by atoms with Gasteiger partial charge in [0, 0.05) is 37.5 Å². The maximum absolute atomic E-state index is 14.0. The van der Waals surface area contributed by atoms with Gasteiger partial charge in [-0.1, -0.05) is 6.07 Å². The number of carboxylic acids is 1. The molecule has 8 nitrogen and oxygen atoms in total. The number of hydrogen-bond acceptors (Lipinski definition) is 6. The van der Waals surface area contributed by atoms with Gasteiger partial charge in [-0.05, 0) is 49.7 Å². The summed E-state index contributed by atoms with van der Waals surface area (Å²) >= 11 is 0. The molecule has 2 aliphatic rings. The summed E-state index contributed by atoms with van der Waals surface area (Å²) in [4.78, 5) is 34.9. The number of fused-ring (bicyclic) bond motifs is 1. The van der Waals surface area contributed by atoms with Crippen LogP contribution in [-0.4, -0.2) is 51.3 Å². The highest BCUT2D eigenvalue weighted by Gasteiger charge is 2.38. The Morgan fingerprint density at radius 2 is 1.76 bits per heavy atom. The largest absolute Gasteiger partial charge is 0.490 e. The van der Waals surface area contributed by atoms with Gasteiger partial charge in [-0.15, -0.1) is 0 Å². The van der Waals surface area contributed by atoms with E-state index >= 15 is 0 Å². The van der Waals surface area contributed by atoms with Gasteiger partial charge in [0.15, 0.2) is 11.6 Å². The zero-order valence-corrected chi connectivity index (χ0v) is 19.5. The summed E-state index contributed by atoms with van der Waals surface area (Å²) in [5.74, 6) is -1.91. The third kappa shape index (κ3) is 6.92. The molecule has 3 aromatic rings. The smallest absolute Gasteiger partial charge is 0.475 e. The van der Waals surface area contributed by atoms with E-state index in [1.54, 1.807) is 12.3 Å². The van der Waals surface area contributed by atoms with E-state index in [1.807, 2.05) is 0 Å². The number of rotatable bonds is 5. The lowest BCUT2D eigenvalue weighted by molar-refractivity contribution is -0.192. The van der Waals surface area contributed by atoms with Gasteiger partial charge in [-0.3, -0.25) is 4.79 Å². The number of carboxylic acid groups (broad SMARTS) is 1. The lowest BCUT2D eigenvalue weighted by atomic mass is 9.90. The molecule has 0 spiro atoms. The second kappa shape index (κ2) is 10.7. The molecule has 3 heterocycles. The Bertz CT molecular complexity index is 1330. The number of halogens is 5. The molecule has 0 atom stereocenters. The SMILES string of the molecule is O=C(O)C(F)(F)F.O=c1cc2nc(NC3CC3)c(N3CCC(Cc4ccc(F)cc4F)CC3)nc2c[nH]1. The first-order valence-electron chi connectivity index (χ1n) is 11.7. The molecule has 5 rings (SSSR count). The van der Waals surface area contributed by atoms with Crippen LogP contribution in [0.4, 0.5) is 33.6 Å². The standard InChI is InChI=1S/C22H23F2N5O.C2HF3O2/c23-15-2-1-14(17(24)10-15)9-13-5-7-29(8-6-13)22-21(26-16-3-4-16)27-18-11-20(30)25-12-19(18)28-22;3-2(4,5)1(6)7/h1-2,10-13,16H,3-9H2,(H,25,30)(H,26,27);(H,6,7). The van der Waals surface area contributed by atoms with Crippen molar-refractivity contribution in [1.82, 2.24) is 15.0 Å². The minimum atomic E-state index is -5.08. The fraction of sp³-hybridized carbons (Fsp3) is 0.417. The van der Waals surface area contributed by atoms with E-state index in [0.717, 1.165) is 56.5 Å². The lowest BCUT2D eigenvalue weighted by Crippen LogP contribution is -2.35. The van der Waals surface area contributed by atoms with Crippen LogP contribution in [0.2, 0.25) is 0 Å². The Morgan fingerprint density at radius 3 is 2.35 bits per heavy atom. The average molecular weight is 525 g/mol. The Balaban J connectivity index is 0.000000405. The second-order valence-electron chi connectivity index (χ2n) is 9.06. The molecular formula is C24H24F5N5O3. The molecule has 1 aliphatic carbocycles. The van der Waals surface area contributed by atoms with Crippen LogP contribution in [0.3, 0.4) is 0 Å². The minimum absolute atomic E-state index is 0.198. The molecule has 37 heavy (non-hydrogen) atoms. The van der Waals surface area contributed by atoms with Crippen LogP contribution in [0.15, 0.2) is 35.3 Å². The third-order valence-electron chi connectivity index (χ3n) is 6.15. The molecule has 1 saturated heterocycles. The van der Waals surface area contributed by atoms with Crippen LogP contribution in [0.5, 0.6) is 0 Å². The molecule has 13 heteroatoms. The summed E-state index contributed by atoms with van der Waals surface area (Å²) < 4.78 is 58.9. The number of H-pyrrole nitrogens is 1. The topological polar surface area (TPSA) is 111 Å². The van der Waals surface area contributed by atoms with Crippen molar-refractivity contribution in [3.8, 4) is 0 Å². The predicted molar refractivity (Wildman–Crippen MR) is 125 cm³/mol. The summed E-state index contributed by atoms with van der Waals surface area (Å²) in [6.45, 7) is 1.58. The van der Waals surface area contributed by atoms with Crippen molar-refractivity contribution >= 4 is 28.6 Å². The Morgan fingerprint density at radius 1 is 1.08 bits per heavy atom. The van der Waals surface area contributed by atoms with Crippen molar-refractivity contribution in [2.75, 3.05) is 23.3 Å². The fourth-order valence-corrected chi connectivity index (χ4v) is 4.06. The highest BCUT2D eigenvalue weighted by Crippen LogP contribution is 2.33. The van der Waals surface area contributed by atoms with Crippen LogP contribution in [0.1, 0.15) is 31.2 Å². The molecular weight excluding hydrogens is 501 g/mol. The van der Waals surface area contributed by atoms with E-state index < -0.39 is 23.8 Å². The highest BCUT2D eigenvalue weighted by molar-refractivity contribution is 5.80. The van der Waals surface area contributed by atoms with Gasteiger partial charge in [0.05, 0.1) is 5.52 Å². The maximum Gasteiger partial charge on any atom is 0.490 e. The number of carbonyl (C=O) groups is 1. The lowest BCUT2D eigenvalue weighted by Gasteiger charge is -2.33. The number of alkyl halides is 3. The highest BCUT2D eigenvalue weighted by atomic mass is 19.4. The molecule has 1 aliphatic heterocycles. The molecule has 2 aromatic heterocycles. The number of anilines is 2. The van der Waals surface area contributed by atoms with Crippen molar-refractivity contribution in [3.63, 3.8) is 0 Å². The van der Waals surface area contributed by atoms with Gasteiger partial charge in [0.2, 0.25) is 5.56 Å². The molecule has 3 N–H and O–H groups in total. The number of aliphatic carboxylic acids is 1. The van der Waals surface area contributed by atoms with Crippen molar-refractivity contribution < 1.29 is 31.9 Å². The fourth-order valence-electron chi connectivity index (χ4n) is 4.06. The van der Waals surface area contributed by atoms with E-state index in [9.17, 15) is 26.7 Å². The molecule has 1 saturated carbocycles. The van der Waals surface area contributed by atoms with Crippen molar-refractivity contribution in [1.29, 1.82) is 0 Å². The van der Waals surface area contributed by atoms with Gasteiger partial charge in [-0.25, -0.2) is 23.5 Å². The quantitative estimate of drug-likeness (QED) is 0.427. The van der Waals surface area contributed by atoms with Crippen LogP contribution in [0, 0.1) is 17.6 Å². The van der Waals surface area contributed by atoms with Crippen LogP contribution in [0.25, 0.3) is 11.0 Å². The Kier molecular flexibility index (Phi) is 7.60. The number of nitrogens with one attached hydrogen (secondary N) is 2. The number of aromatic nitrogens is 3. The minimum Gasteiger partial charge on any atom is -0.475 e. The second-order valence-corrected chi connectivity index (χ2v) is 9.06. The van der Waals surface area contributed by atoms with Crippen LogP contribution < -0.4 is 15.8 Å². The van der Waals surface area contributed by atoms with Gasteiger partial charge in [-0.2, -0.15) is 13.2 Å². The third-order valence-corrected chi connectivity index (χ3v) is 6.15. The summed E-state index contributed by atoms with van der Waals surface area (Å²) in [6.07, 6.45) is 1.13. The molecule has 0 unspecified atom stereocenters. The van der Waals surface area contributed by atoms with E-state index in [2.05, 4.69) is 20.2 Å². The maximum atomic E-state index is 14.0. The first kappa shape index (κ1) is 26.3. The number of pyridine rings is 1. The van der Waals surface area contributed by atoms with E-state index in [4.69, 9.17) is 14.9 Å². The number of benzene rings is 1. The molecule has 0 amide bonds. The Labute approximate surface area is 207 Å². The monoisotopic (exact) mass is 525 g/mol. The van der Waals surface area contributed by atoms with Crippen LogP contribution in [-0.2, 0) is 11.2 Å². The number of aromatic amines is 1. The summed E-state index contributed by atoms with van der Waals surface area (Å²) in [5.41, 5.74) is 1.60. The van der Waals surface area contributed by atoms with Gasteiger partial charge in [0.25, 0.3) is 0 Å². The number of nitrogens with zero attached hydrogens (tertiary/aromatic N) is 3.